The molecule has 0 radical (unpaired) electrons. The molecule has 0 amide bonds. The topological polar surface area (TPSA) is 64.9 Å². The third kappa shape index (κ3) is 2.96. The molecule has 4 heteroatoms. The van der Waals surface area contributed by atoms with Crippen molar-refractivity contribution in [3.8, 4) is 0 Å². The molecule has 0 aliphatic rings. The van der Waals surface area contributed by atoms with E-state index in [-0.39, 0.29) is 6.04 Å². The molecule has 0 fully saturated rings. The molecule has 0 aliphatic carbocycles. The highest BCUT2D eigenvalue weighted by Gasteiger charge is 2.13. The molecule has 2 rings (SSSR count). The highest BCUT2D eigenvalue weighted by molar-refractivity contribution is 5.27. The molecule has 2 aromatic rings. The third-order valence-electron chi connectivity index (χ3n) is 3.02. The smallest absolute Gasteiger partial charge is 0.231 e. The second-order valence-electron chi connectivity index (χ2n) is 4.54. The Morgan fingerprint density at radius 2 is 2.11 bits per heavy atom. The minimum atomic E-state index is -0.121. The van der Waals surface area contributed by atoms with E-state index in [2.05, 4.69) is 36.1 Å². The van der Waals surface area contributed by atoms with Crippen molar-refractivity contribution in [3.63, 3.8) is 0 Å². The number of aromatic nitrogens is 2. The normalized spacial score (nSPS) is 12.6. The van der Waals surface area contributed by atoms with Gasteiger partial charge in [0.25, 0.3) is 0 Å². The van der Waals surface area contributed by atoms with Crippen LogP contribution in [0.2, 0.25) is 0 Å². The molecule has 1 heterocycles. The number of aryl methyl sites for hydroxylation is 1. The van der Waals surface area contributed by atoms with Gasteiger partial charge >= 0.3 is 0 Å². The summed E-state index contributed by atoms with van der Waals surface area (Å²) in [7, 11) is 0. The zero-order valence-electron chi connectivity index (χ0n) is 10.9. The second kappa shape index (κ2) is 5.78. The predicted octanol–water partition coefficient (Wildman–Crippen LogP) is 2.77. The van der Waals surface area contributed by atoms with Gasteiger partial charge in [0.15, 0.2) is 5.82 Å². The third-order valence-corrected chi connectivity index (χ3v) is 3.02. The lowest BCUT2D eigenvalue weighted by atomic mass is 10.1. The zero-order valence-corrected chi connectivity index (χ0v) is 10.9. The Kier molecular flexibility index (Phi) is 4.10. The van der Waals surface area contributed by atoms with E-state index < -0.39 is 0 Å². The Bertz CT molecular complexity index is 507. The van der Waals surface area contributed by atoms with Crippen molar-refractivity contribution in [2.24, 2.45) is 5.73 Å². The standard InChI is InChI=1S/C14H19N3O/c1-3-6-12(15)14-16-13(18-17-14)9-11-8-5-4-7-10(11)2/h4-5,7-8,12H,3,6,9,15H2,1-2H3. The van der Waals surface area contributed by atoms with Crippen LogP contribution in [0.5, 0.6) is 0 Å². The van der Waals surface area contributed by atoms with Gasteiger partial charge in [0.1, 0.15) is 0 Å². The van der Waals surface area contributed by atoms with Gasteiger partial charge in [0.2, 0.25) is 5.89 Å². The maximum absolute atomic E-state index is 5.96. The van der Waals surface area contributed by atoms with E-state index >= 15 is 0 Å². The molecule has 0 saturated heterocycles. The highest BCUT2D eigenvalue weighted by atomic mass is 16.5. The monoisotopic (exact) mass is 245 g/mol. The number of rotatable bonds is 5. The van der Waals surface area contributed by atoms with Gasteiger partial charge in [-0.2, -0.15) is 4.98 Å². The first-order valence-corrected chi connectivity index (χ1v) is 6.33. The molecule has 4 nitrogen and oxygen atoms in total. The molecule has 0 spiro atoms. The van der Waals surface area contributed by atoms with Crippen molar-refractivity contribution >= 4 is 0 Å². The van der Waals surface area contributed by atoms with E-state index in [9.17, 15) is 0 Å². The lowest BCUT2D eigenvalue weighted by Gasteiger charge is -2.03. The van der Waals surface area contributed by atoms with Crippen LogP contribution < -0.4 is 5.73 Å². The molecule has 0 bridgehead atoms. The summed E-state index contributed by atoms with van der Waals surface area (Å²) < 4.78 is 5.25. The molecule has 2 N–H and O–H groups in total. The average Bonchev–Trinajstić information content (AvgIpc) is 2.81. The van der Waals surface area contributed by atoms with Crippen LogP contribution in [0.1, 0.15) is 48.6 Å². The average molecular weight is 245 g/mol. The van der Waals surface area contributed by atoms with Crippen molar-refractivity contribution in [1.82, 2.24) is 10.1 Å². The summed E-state index contributed by atoms with van der Waals surface area (Å²) in [6.07, 6.45) is 2.56. The lowest BCUT2D eigenvalue weighted by molar-refractivity contribution is 0.374. The van der Waals surface area contributed by atoms with Gasteiger partial charge in [-0.3, -0.25) is 0 Å². The van der Waals surface area contributed by atoms with Gasteiger partial charge in [-0.1, -0.05) is 42.8 Å². The van der Waals surface area contributed by atoms with Crippen molar-refractivity contribution in [3.05, 3.63) is 47.1 Å². The molecule has 1 aromatic heterocycles. The maximum Gasteiger partial charge on any atom is 0.231 e. The number of nitrogens with zero attached hydrogens (tertiary/aromatic N) is 2. The van der Waals surface area contributed by atoms with Gasteiger partial charge in [-0.05, 0) is 24.5 Å². The summed E-state index contributed by atoms with van der Waals surface area (Å²) in [5.41, 5.74) is 8.39. The van der Waals surface area contributed by atoms with Crippen LogP contribution in [-0.4, -0.2) is 10.1 Å². The second-order valence-corrected chi connectivity index (χ2v) is 4.54. The largest absolute Gasteiger partial charge is 0.339 e. The van der Waals surface area contributed by atoms with Gasteiger partial charge in [0.05, 0.1) is 12.5 Å². The predicted molar refractivity (Wildman–Crippen MR) is 70.1 cm³/mol. The number of hydrogen-bond donors (Lipinski definition) is 1. The van der Waals surface area contributed by atoms with Gasteiger partial charge in [0, 0.05) is 0 Å². The highest BCUT2D eigenvalue weighted by Crippen LogP contribution is 2.15. The number of hydrogen-bond acceptors (Lipinski definition) is 4. The lowest BCUT2D eigenvalue weighted by Crippen LogP contribution is -2.11. The van der Waals surface area contributed by atoms with Crippen LogP contribution in [-0.2, 0) is 6.42 Å². The Labute approximate surface area is 107 Å². The van der Waals surface area contributed by atoms with Crippen molar-refractivity contribution in [2.75, 3.05) is 0 Å². The quantitative estimate of drug-likeness (QED) is 0.879. The maximum atomic E-state index is 5.96. The fourth-order valence-electron chi connectivity index (χ4n) is 1.90. The summed E-state index contributed by atoms with van der Waals surface area (Å²) in [5, 5.41) is 3.95. The van der Waals surface area contributed by atoms with Crippen molar-refractivity contribution < 1.29 is 4.52 Å². The first kappa shape index (κ1) is 12.8. The summed E-state index contributed by atoms with van der Waals surface area (Å²) >= 11 is 0. The van der Waals surface area contributed by atoms with E-state index in [1.54, 1.807) is 0 Å². The molecule has 18 heavy (non-hydrogen) atoms. The van der Waals surface area contributed by atoms with E-state index in [1.165, 1.54) is 11.1 Å². The van der Waals surface area contributed by atoms with Gasteiger partial charge in [-0.25, -0.2) is 0 Å². The fourth-order valence-corrected chi connectivity index (χ4v) is 1.90. The molecule has 1 unspecified atom stereocenters. The van der Waals surface area contributed by atoms with Crippen LogP contribution in [0.25, 0.3) is 0 Å². The Morgan fingerprint density at radius 1 is 1.33 bits per heavy atom. The SMILES string of the molecule is CCCC(N)c1noc(Cc2ccccc2C)n1. The van der Waals surface area contributed by atoms with Crippen molar-refractivity contribution in [2.45, 2.75) is 39.2 Å². The summed E-state index contributed by atoms with van der Waals surface area (Å²) in [6, 6.07) is 8.07. The van der Waals surface area contributed by atoms with Crippen LogP contribution in [0.4, 0.5) is 0 Å². The Balaban J connectivity index is 2.09. The molecule has 1 atom stereocenters. The fraction of sp³-hybridized carbons (Fsp3) is 0.429. The molecule has 96 valence electrons. The van der Waals surface area contributed by atoms with E-state index in [1.807, 2.05) is 12.1 Å². The minimum absolute atomic E-state index is 0.121. The first-order valence-electron chi connectivity index (χ1n) is 6.33. The van der Waals surface area contributed by atoms with Crippen LogP contribution in [0, 0.1) is 6.92 Å². The van der Waals surface area contributed by atoms with Crippen LogP contribution in [0.15, 0.2) is 28.8 Å². The Morgan fingerprint density at radius 3 is 2.83 bits per heavy atom. The zero-order chi connectivity index (χ0) is 13.0. The first-order chi connectivity index (χ1) is 8.70. The minimum Gasteiger partial charge on any atom is -0.339 e. The summed E-state index contributed by atoms with van der Waals surface area (Å²) in [6.45, 7) is 4.17. The van der Waals surface area contributed by atoms with Crippen LogP contribution >= 0.6 is 0 Å². The molecular formula is C14H19N3O. The molecule has 1 aromatic carbocycles. The van der Waals surface area contributed by atoms with Crippen LogP contribution in [0.3, 0.4) is 0 Å². The van der Waals surface area contributed by atoms with Crippen molar-refractivity contribution in [1.29, 1.82) is 0 Å². The molecule has 0 aliphatic heterocycles. The van der Waals surface area contributed by atoms with E-state index in [4.69, 9.17) is 10.3 Å². The molecular weight excluding hydrogens is 226 g/mol. The number of nitrogens with two attached hydrogens (primary N) is 1. The molecule has 0 saturated carbocycles. The number of benzene rings is 1. The van der Waals surface area contributed by atoms with Gasteiger partial charge in [-0.15, -0.1) is 0 Å². The van der Waals surface area contributed by atoms with E-state index in [0.717, 1.165) is 12.8 Å². The summed E-state index contributed by atoms with van der Waals surface area (Å²) in [5.74, 6) is 1.24. The summed E-state index contributed by atoms with van der Waals surface area (Å²) in [4.78, 5) is 4.36. The van der Waals surface area contributed by atoms with Gasteiger partial charge < -0.3 is 10.3 Å². The van der Waals surface area contributed by atoms with E-state index in [0.29, 0.717) is 18.1 Å². The Hall–Kier alpha value is -1.68.